The monoisotopic (exact) mass is 281 g/mol. The van der Waals surface area contributed by atoms with E-state index in [-0.39, 0.29) is 11.7 Å². The van der Waals surface area contributed by atoms with Crippen LogP contribution in [0.3, 0.4) is 0 Å². The molecule has 1 heterocycles. The van der Waals surface area contributed by atoms with Gasteiger partial charge in [-0.05, 0) is 12.1 Å². The molecule has 1 aliphatic heterocycles. The van der Waals surface area contributed by atoms with Crippen LogP contribution in [0.2, 0.25) is 0 Å². The van der Waals surface area contributed by atoms with E-state index in [0.29, 0.717) is 13.1 Å². The lowest BCUT2D eigenvalue weighted by Crippen LogP contribution is -2.49. The summed E-state index contributed by atoms with van der Waals surface area (Å²) in [6.45, 7) is 7.23. The van der Waals surface area contributed by atoms with Crippen LogP contribution < -0.4 is 5.32 Å². The van der Waals surface area contributed by atoms with Crippen molar-refractivity contribution in [2.24, 2.45) is 0 Å². The lowest BCUT2D eigenvalue weighted by Gasteiger charge is -2.34. The molecule has 6 heteroatoms. The molecular formula is C14H17F2N3O. The second kappa shape index (κ2) is 6.47. The average Bonchev–Trinajstić information content (AvgIpc) is 2.44. The van der Waals surface area contributed by atoms with Crippen LogP contribution in [0.5, 0.6) is 0 Å². The number of benzene rings is 1. The number of hydrogen-bond donors (Lipinski definition) is 1. The molecule has 0 saturated carbocycles. The maximum Gasteiger partial charge on any atom is 0.321 e. The summed E-state index contributed by atoms with van der Waals surface area (Å²) in [4.78, 5) is 15.8. The highest BCUT2D eigenvalue weighted by atomic mass is 19.2. The number of carbonyl (C=O) groups is 1. The van der Waals surface area contributed by atoms with Gasteiger partial charge in [-0.25, -0.2) is 13.6 Å². The number of hydrogen-bond acceptors (Lipinski definition) is 2. The van der Waals surface area contributed by atoms with Crippen LogP contribution >= 0.6 is 0 Å². The van der Waals surface area contributed by atoms with Gasteiger partial charge in [0.1, 0.15) is 0 Å². The number of amides is 2. The fraction of sp³-hybridized carbons (Fsp3) is 0.357. The summed E-state index contributed by atoms with van der Waals surface area (Å²) in [5.41, 5.74) is 0.252. The van der Waals surface area contributed by atoms with Crippen molar-refractivity contribution in [3.05, 3.63) is 42.5 Å². The fourth-order valence-electron chi connectivity index (χ4n) is 2.09. The SMILES string of the molecule is C=CCN1CCN(C(=O)Nc2ccc(F)c(F)c2)CC1. The Labute approximate surface area is 116 Å². The van der Waals surface area contributed by atoms with E-state index in [0.717, 1.165) is 31.8 Å². The summed E-state index contributed by atoms with van der Waals surface area (Å²) in [7, 11) is 0. The first-order valence-electron chi connectivity index (χ1n) is 6.44. The normalized spacial score (nSPS) is 16.0. The highest BCUT2D eigenvalue weighted by Gasteiger charge is 2.20. The third-order valence-corrected chi connectivity index (χ3v) is 3.22. The number of urea groups is 1. The van der Waals surface area contributed by atoms with Crippen LogP contribution in [-0.2, 0) is 0 Å². The smallest absolute Gasteiger partial charge is 0.321 e. The molecule has 0 aromatic heterocycles. The Bertz CT molecular complexity index is 499. The number of piperazine rings is 1. The summed E-state index contributed by atoms with van der Waals surface area (Å²) in [5.74, 6) is -1.90. The Morgan fingerprint density at radius 1 is 1.25 bits per heavy atom. The first-order valence-corrected chi connectivity index (χ1v) is 6.44. The van der Waals surface area contributed by atoms with Crippen LogP contribution in [0.1, 0.15) is 0 Å². The van der Waals surface area contributed by atoms with Crippen molar-refractivity contribution in [1.82, 2.24) is 9.80 Å². The van der Waals surface area contributed by atoms with Crippen molar-refractivity contribution in [3.8, 4) is 0 Å². The van der Waals surface area contributed by atoms with E-state index in [1.807, 2.05) is 6.08 Å². The van der Waals surface area contributed by atoms with Crippen molar-refractivity contribution in [2.75, 3.05) is 38.0 Å². The molecule has 1 aromatic carbocycles. The van der Waals surface area contributed by atoms with Gasteiger partial charge < -0.3 is 10.2 Å². The van der Waals surface area contributed by atoms with E-state index in [1.54, 1.807) is 4.90 Å². The van der Waals surface area contributed by atoms with Crippen LogP contribution in [0, 0.1) is 11.6 Å². The van der Waals surface area contributed by atoms with Gasteiger partial charge in [0.2, 0.25) is 0 Å². The number of rotatable bonds is 3. The van der Waals surface area contributed by atoms with Crippen LogP contribution in [0.4, 0.5) is 19.3 Å². The number of nitrogens with zero attached hydrogens (tertiary/aromatic N) is 2. The van der Waals surface area contributed by atoms with Crippen LogP contribution in [0.15, 0.2) is 30.9 Å². The summed E-state index contributed by atoms with van der Waals surface area (Å²) < 4.78 is 25.8. The molecule has 2 amide bonds. The molecule has 1 fully saturated rings. The lowest BCUT2D eigenvalue weighted by atomic mass is 10.3. The molecule has 0 unspecified atom stereocenters. The van der Waals surface area contributed by atoms with Gasteiger partial charge in [-0.2, -0.15) is 0 Å². The maximum absolute atomic E-state index is 13.1. The predicted octanol–water partition coefficient (Wildman–Crippen LogP) is 2.30. The average molecular weight is 281 g/mol. The molecule has 4 nitrogen and oxygen atoms in total. The van der Waals surface area contributed by atoms with E-state index in [4.69, 9.17) is 0 Å². The van der Waals surface area contributed by atoms with Gasteiger partial charge >= 0.3 is 6.03 Å². The zero-order valence-electron chi connectivity index (χ0n) is 11.1. The van der Waals surface area contributed by atoms with Crippen LogP contribution in [0.25, 0.3) is 0 Å². The molecule has 0 spiro atoms. The third-order valence-electron chi connectivity index (χ3n) is 3.22. The highest BCUT2D eigenvalue weighted by Crippen LogP contribution is 2.14. The predicted molar refractivity (Wildman–Crippen MR) is 73.6 cm³/mol. The molecular weight excluding hydrogens is 264 g/mol. The number of halogens is 2. The second-order valence-corrected chi connectivity index (χ2v) is 4.64. The molecule has 0 aliphatic carbocycles. The second-order valence-electron chi connectivity index (χ2n) is 4.64. The topological polar surface area (TPSA) is 35.6 Å². The number of anilines is 1. The molecule has 1 N–H and O–H groups in total. The Kier molecular flexibility index (Phi) is 4.68. The quantitative estimate of drug-likeness (QED) is 0.863. The minimum atomic E-state index is -0.974. The lowest BCUT2D eigenvalue weighted by molar-refractivity contribution is 0.156. The van der Waals surface area contributed by atoms with E-state index >= 15 is 0 Å². The van der Waals surface area contributed by atoms with Gasteiger partial charge in [-0.15, -0.1) is 6.58 Å². The molecule has 20 heavy (non-hydrogen) atoms. The molecule has 1 saturated heterocycles. The molecule has 2 rings (SSSR count). The molecule has 108 valence electrons. The first kappa shape index (κ1) is 14.5. The Morgan fingerprint density at radius 3 is 2.55 bits per heavy atom. The van der Waals surface area contributed by atoms with E-state index in [2.05, 4.69) is 16.8 Å². The summed E-state index contributed by atoms with van der Waals surface area (Å²) >= 11 is 0. The fourth-order valence-corrected chi connectivity index (χ4v) is 2.09. The van der Waals surface area contributed by atoms with Crippen molar-refractivity contribution in [1.29, 1.82) is 0 Å². The minimum Gasteiger partial charge on any atom is -0.322 e. The third kappa shape index (κ3) is 3.54. The summed E-state index contributed by atoms with van der Waals surface area (Å²) in [6, 6.07) is 3.01. The molecule has 0 radical (unpaired) electrons. The molecule has 0 atom stereocenters. The van der Waals surface area contributed by atoms with Crippen LogP contribution in [-0.4, -0.2) is 48.6 Å². The molecule has 0 bridgehead atoms. The van der Waals surface area contributed by atoms with E-state index in [9.17, 15) is 13.6 Å². The van der Waals surface area contributed by atoms with Gasteiger partial charge in [-0.3, -0.25) is 4.90 Å². The number of carbonyl (C=O) groups excluding carboxylic acids is 1. The molecule has 1 aliphatic rings. The summed E-state index contributed by atoms with van der Waals surface area (Å²) in [5, 5.41) is 2.57. The van der Waals surface area contributed by atoms with E-state index in [1.165, 1.54) is 6.07 Å². The van der Waals surface area contributed by atoms with Crippen molar-refractivity contribution < 1.29 is 13.6 Å². The largest absolute Gasteiger partial charge is 0.322 e. The van der Waals surface area contributed by atoms with Gasteiger partial charge in [-0.1, -0.05) is 6.08 Å². The Hall–Kier alpha value is -1.95. The minimum absolute atomic E-state index is 0.252. The highest BCUT2D eigenvalue weighted by molar-refractivity contribution is 5.89. The van der Waals surface area contributed by atoms with Gasteiger partial charge in [0, 0.05) is 44.5 Å². The number of nitrogens with one attached hydrogen (secondary N) is 1. The van der Waals surface area contributed by atoms with E-state index < -0.39 is 11.6 Å². The zero-order valence-corrected chi connectivity index (χ0v) is 11.1. The van der Waals surface area contributed by atoms with Crippen molar-refractivity contribution >= 4 is 11.7 Å². The standard InChI is InChI=1S/C14H17F2N3O/c1-2-5-18-6-8-19(9-7-18)14(20)17-11-3-4-12(15)13(16)10-11/h2-4,10H,1,5-9H2,(H,17,20). The van der Waals surface area contributed by atoms with Gasteiger partial charge in [0.05, 0.1) is 0 Å². The molecule has 1 aromatic rings. The Morgan fingerprint density at radius 2 is 1.95 bits per heavy atom. The first-order chi connectivity index (χ1) is 9.60. The summed E-state index contributed by atoms with van der Waals surface area (Å²) in [6.07, 6.45) is 1.83. The zero-order chi connectivity index (χ0) is 14.5. The Balaban J connectivity index is 1.89. The van der Waals surface area contributed by atoms with Gasteiger partial charge in [0.25, 0.3) is 0 Å². The van der Waals surface area contributed by atoms with Crippen molar-refractivity contribution in [3.63, 3.8) is 0 Å². The van der Waals surface area contributed by atoms with Gasteiger partial charge in [0.15, 0.2) is 11.6 Å². The van der Waals surface area contributed by atoms with Crippen molar-refractivity contribution in [2.45, 2.75) is 0 Å². The maximum atomic E-state index is 13.1.